The van der Waals surface area contributed by atoms with Gasteiger partial charge >= 0.3 is 0 Å². The number of hydrogen-bond donors (Lipinski definition) is 1. The van der Waals surface area contributed by atoms with Gasteiger partial charge in [0.05, 0.1) is 6.20 Å². The SMILES string of the molecule is CN[C@@H]1CCC[C@H]1Oc1ccc(C(C)(C)C)nc1. The molecule has 3 heteroatoms. The molecule has 0 aliphatic heterocycles. The van der Waals surface area contributed by atoms with E-state index in [2.05, 4.69) is 37.1 Å². The molecule has 0 radical (unpaired) electrons. The van der Waals surface area contributed by atoms with Crippen LogP contribution in [-0.4, -0.2) is 24.2 Å². The summed E-state index contributed by atoms with van der Waals surface area (Å²) in [6.45, 7) is 6.51. The summed E-state index contributed by atoms with van der Waals surface area (Å²) in [7, 11) is 2.01. The van der Waals surface area contributed by atoms with Crippen LogP contribution in [0, 0.1) is 0 Å². The molecule has 2 atom stereocenters. The van der Waals surface area contributed by atoms with Crippen molar-refractivity contribution in [3.8, 4) is 5.75 Å². The van der Waals surface area contributed by atoms with Crippen molar-refractivity contribution in [2.75, 3.05) is 7.05 Å². The summed E-state index contributed by atoms with van der Waals surface area (Å²) in [4.78, 5) is 4.50. The van der Waals surface area contributed by atoms with E-state index in [0.29, 0.717) is 6.04 Å². The van der Waals surface area contributed by atoms with Crippen LogP contribution in [0.2, 0.25) is 0 Å². The second kappa shape index (κ2) is 5.27. The second-order valence-corrected chi connectivity index (χ2v) is 6.11. The van der Waals surface area contributed by atoms with E-state index >= 15 is 0 Å². The van der Waals surface area contributed by atoms with E-state index in [4.69, 9.17) is 4.74 Å². The number of nitrogens with zero attached hydrogens (tertiary/aromatic N) is 1. The smallest absolute Gasteiger partial charge is 0.138 e. The topological polar surface area (TPSA) is 34.1 Å². The fourth-order valence-corrected chi connectivity index (χ4v) is 2.47. The molecule has 1 saturated carbocycles. The molecule has 1 aliphatic rings. The Labute approximate surface area is 110 Å². The zero-order valence-corrected chi connectivity index (χ0v) is 11.9. The molecule has 1 fully saturated rings. The molecule has 1 heterocycles. The molecule has 1 aromatic rings. The predicted octanol–water partition coefficient (Wildman–Crippen LogP) is 2.90. The maximum Gasteiger partial charge on any atom is 0.138 e. The van der Waals surface area contributed by atoms with Crippen molar-refractivity contribution in [3.63, 3.8) is 0 Å². The summed E-state index contributed by atoms with van der Waals surface area (Å²) in [6, 6.07) is 4.59. The lowest BCUT2D eigenvalue weighted by Gasteiger charge is -2.22. The molecule has 0 unspecified atom stereocenters. The number of pyridine rings is 1. The Morgan fingerprint density at radius 1 is 1.28 bits per heavy atom. The van der Waals surface area contributed by atoms with Gasteiger partial charge in [0.1, 0.15) is 11.9 Å². The van der Waals surface area contributed by atoms with Crippen LogP contribution < -0.4 is 10.1 Å². The minimum Gasteiger partial charge on any atom is -0.487 e. The van der Waals surface area contributed by atoms with Crippen LogP contribution in [0.4, 0.5) is 0 Å². The number of hydrogen-bond acceptors (Lipinski definition) is 3. The van der Waals surface area contributed by atoms with E-state index in [1.54, 1.807) is 0 Å². The summed E-state index contributed by atoms with van der Waals surface area (Å²) < 4.78 is 6.02. The summed E-state index contributed by atoms with van der Waals surface area (Å²) in [6.07, 6.45) is 5.72. The van der Waals surface area contributed by atoms with E-state index in [1.807, 2.05) is 19.3 Å². The van der Waals surface area contributed by atoms with Gasteiger partial charge in [-0.2, -0.15) is 0 Å². The Kier molecular flexibility index (Phi) is 3.91. The second-order valence-electron chi connectivity index (χ2n) is 6.11. The van der Waals surface area contributed by atoms with Crippen molar-refractivity contribution >= 4 is 0 Å². The predicted molar refractivity (Wildman–Crippen MR) is 74.1 cm³/mol. The van der Waals surface area contributed by atoms with Crippen molar-refractivity contribution in [1.29, 1.82) is 0 Å². The van der Waals surface area contributed by atoms with Crippen LogP contribution in [0.25, 0.3) is 0 Å². The zero-order valence-electron chi connectivity index (χ0n) is 11.9. The van der Waals surface area contributed by atoms with Crippen molar-refractivity contribution in [2.24, 2.45) is 0 Å². The van der Waals surface area contributed by atoms with E-state index in [9.17, 15) is 0 Å². The van der Waals surface area contributed by atoms with Gasteiger partial charge in [0.25, 0.3) is 0 Å². The maximum absolute atomic E-state index is 6.02. The molecule has 0 spiro atoms. The van der Waals surface area contributed by atoms with Crippen LogP contribution in [0.15, 0.2) is 18.3 Å². The standard InChI is InChI=1S/C15H24N2O/c1-15(2,3)14-9-8-11(10-17-14)18-13-7-5-6-12(13)16-4/h8-10,12-13,16H,5-7H2,1-4H3/t12-,13-/m1/s1. The van der Waals surface area contributed by atoms with Crippen molar-refractivity contribution in [1.82, 2.24) is 10.3 Å². The zero-order chi connectivity index (χ0) is 13.2. The molecule has 0 amide bonds. The number of rotatable bonds is 3. The lowest BCUT2D eigenvalue weighted by atomic mass is 9.92. The number of aromatic nitrogens is 1. The van der Waals surface area contributed by atoms with Crippen LogP contribution in [0.5, 0.6) is 5.75 Å². The first-order chi connectivity index (χ1) is 8.50. The summed E-state index contributed by atoms with van der Waals surface area (Å²) in [5, 5.41) is 3.32. The number of likely N-dealkylation sites (N-methyl/N-ethyl adjacent to an activating group) is 1. The Morgan fingerprint density at radius 2 is 2.06 bits per heavy atom. The molecule has 1 N–H and O–H groups in total. The third-order valence-corrected chi connectivity index (χ3v) is 3.62. The van der Waals surface area contributed by atoms with Crippen molar-refractivity contribution in [2.45, 2.75) is 57.6 Å². The highest BCUT2D eigenvalue weighted by molar-refractivity contribution is 5.23. The molecule has 0 saturated heterocycles. The average molecular weight is 248 g/mol. The van der Waals surface area contributed by atoms with Crippen LogP contribution in [-0.2, 0) is 5.41 Å². The Hall–Kier alpha value is -1.09. The fourth-order valence-electron chi connectivity index (χ4n) is 2.47. The summed E-state index contributed by atoms with van der Waals surface area (Å²) in [5.74, 6) is 0.884. The summed E-state index contributed by atoms with van der Waals surface area (Å²) in [5.41, 5.74) is 1.20. The van der Waals surface area contributed by atoms with Crippen molar-refractivity contribution < 1.29 is 4.74 Å². The molecule has 1 aromatic heterocycles. The van der Waals surface area contributed by atoms with Gasteiger partial charge in [-0.15, -0.1) is 0 Å². The number of ether oxygens (including phenoxy) is 1. The molecule has 18 heavy (non-hydrogen) atoms. The van der Waals surface area contributed by atoms with Gasteiger partial charge in [0.15, 0.2) is 0 Å². The summed E-state index contributed by atoms with van der Waals surface area (Å²) >= 11 is 0. The Balaban J connectivity index is 2.02. The van der Waals surface area contributed by atoms with E-state index in [0.717, 1.165) is 17.9 Å². The molecular formula is C15H24N2O. The highest BCUT2D eigenvalue weighted by atomic mass is 16.5. The third-order valence-electron chi connectivity index (χ3n) is 3.62. The van der Waals surface area contributed by atoms with Gasteiger partial charge in [0.2, 0.25) is 0 Å². The Bertz CT molecular complexity index is 380. The van der Waals surface area contributed by atoms with Gasteiger partial charge in [0, 0.05) is 17.2 Å². The van der Waals surface area contributed by atoms with Gasteiger partial charge in [-0.05, 0) is 38.4 Å². The monoisotopic (exact) mass is 248 g/mol. The van der Waals surface area contributed by atoms with Gasteiger partial charge < -0.3 is 10.1 Å². The highest BCUT2D eigenvalue weighted by Crippen LogP contribution is 2.26. The molecule has 100 valence electrons. The molecule has 2 rings (SSSR count). The fraction of sp³-hybridized carbons (Fsp3) is 0.667. The third kappa shape index (κ3) is 3.02. The van der Waals surface area contributed by atoms with Crippen molar-refractivity contribution in [3.05, 3.63) is 24.0 Å². The lowest BCUT2D eigenvalue weighted by Crippen LogP contribution is -2.36. The Morgan fingerprint density at radius 3 is 2.61 bits per heavy atom. The first kappa shape index (κ1) is 13.3. The normalized spacial score (nSPS) is 24.2. The molecule has 0 bridgehead atoms. The molecule has 0 aromatic carbocycles. The molecular weight excluding hydrogens is 224 g/mol. The van der Waals surface area contributed by atoms with Crippen LogP contribution in [0.1, 0.15) is 45.7 Å². The minimum absolute atomic E-state index is 0.0966. The van der Waals surface area contributed by atoms with E-state index < -0.39 is 0 Å². The van der Waals surface area contributed by atoms with E-state index in [-0.39, 0.29) is 11.5 Å². The quantitative estimate of drug-likeness (QED) is 0.893. The van der Waals surface area contributed by atoms with E-state index in [1.165, 1.54) is 12.8 Å². The molecule has 3 nitrogen and oxygen atoms in total. The maximum atomic E-state index is 6.02. The minimum atomic E-state index is 0.0966. The van der Waals surface area contributed by atoms with Gasteiger partial charge in [-0.3, -0.25) is 4.98 Å². The van der Waals surface area contributed by atoms with Crippen LogP contribution in [0.3, 0.4) is 0 Å². The first-order valence-electron chi connectivity index (χ1n) is 6.81. The lowest BCUT2D eigenvalue weighted by molar-refractivity contribution is 0.178. The van der Waals surface area contributed by atoms with Crippen LogP contribution >= 0.6 is 0 Å². The first-order valence-corrected chi connectivity index (χ1v) is 6.81. The largest absolute Gasteiger partial charge is 0.487 e. The average Bonchev–Trinajstić information content (AvgIpc) is 2.76. The number of nitrogens with one attached hydrogen (secondary N) is 1. The van der Waals surface area contributed by atoms with Gasteiger partial charge in [-0.25, -0.2) is 0 Å². The highest BCUT2D eigenvalue weighted by Gasteiger charge is 2.27. The van der Waals surface area contributed by atoms with Gasteiger partial charge in [-0.1, -0.05) is 20.8 Å². The molecule has 1 aliphatic carbocycles.